The molecular weight excluding hydrogens is 433 g/mol. The molecule has 0 radical (unpaired) electrons. The molecule has 1 aliphatic rings. The molecule has 3 aromatic rings. The average Bonchev–Trinajstić information content (AvgIpc) is 3.01. The number of nitrogens with zero attached hydrogens (tertiary/aromatic N) is 3. The SMILES string of the molecule is Cc1sc2nc(SCC(=O)N3[C@@H](C)CCC[C@@H]3C)n(-c3ccc(F)cc3)c(=O)c2c1C. The van der Waals surface area contributed by atoms with Crippen LogP contribution in [-0.2, 0) is 4.79 Å². The van der Waals surface area contributed by atoms with Gasteiger partial charge in [0.15, 0.2) is 5.16 Å². The van der Waals surface area contributed by atoms with Crippen molar-refractivity contribution in [3.8, 4) is 5.69 Å². The Morgan fingerprint density at radius 1 is 1.19 bits per heavy atom. The number of thiophene rings is 1. The summed E-state index contributed by atoms with van der Waals surface area (Å²) in [6.07, 6.45) is 3.16. The first kappa shape index (κ1) is 22.0. The largest absolute Gasteiger partial charge is 0.337 e. The number of likely N-dealkylation sites (tertiary alicyclic amines) is 1. The molecular formula is C23H26FN3O2S2. The number of fused-ring (bicyclic) bond motifs is 1. The van der Waals surface area contributed by atoms with Crippen molar-refractivity contribution in [2.45, 2.75) is 64.2 Å². The van der Waals surface area contributed by atoms with Crippen LogP contribution in [-0.4, -0.2) is 38.2 Å². The van der Waals surface area contributed by atoms with Gasteiger partial charge >= 0.3 is 0 Å². The van der Waals surface area contributed by atoms with E-state index in [1.807, 2.05) is 18.7 Å². The molecule has 8 heteroatoms. The van der Waals surface area contributed by atoms with Crippen LogP contribution in [0.3, 0.4) is 0 Å². The van der Waals surface area contributed by atoms with Gasteiger partial charge in [-0.1, -0.05) is 11.8 Å². The average molecular weight is 460 g/mol. The number of hydrogen-bond donors (Lipinski definition) is 0. The third kappa shape index (κ3) is 4.15. The summed E-state index contributed by atoms with van der Waals surface area (Å²) in [5.41, 5.74) is 1.27. The number of halogens is 1. The van der Waals surface area contributed by atoms with Gasteiger partial charge in [0.05, 0.1) is 16.8 Å². The zero-order valence-electron chi connectivity index (χ0n) is 18.1. The molecule has 1 amide bonds. The Labute approximate surface area is 189 Å². The minimum Gasteiger partial charge on any atom is -0.337 e. The monoisotopic (exact) mass is 459 g/mol. The fourth-order valence-corrected chi connectivity index (χ4v) is 6.26. The van der Waals surface area contributed by atoms with Gasteiger partial charge in [0.1, 0.15) is 10.6 Å². The molecule has 2 aromatic heterocycles. The normalized spacial score (nSPS) is 19.2. The van der Waals surface area contributed by atoms with Gasteiger partial charge in [0.25, 0.3) is 5.56 Å². The molecule has 0 unspecified atom stereocenters. The zero-order valence-corrected chi connectivity index (χ0v) is 19.8. The molecule has 0 aliphatic carbocycles. The summed E-state index contributed by atoms with van der Waals surface area (Å²) in [4.78, 5) is 34.9. The second kappa shape index (κ2) is 8.74. The number of rotatable bonds is 4. The number of amides is 1. The molecule has 5 nitrogen and oxygen atoms in total. The van der Waals surface area contributed by atoms with Crippen LogP contribution in [0.2, 0.25) is 0 Å². The molecule has 4 rings (SSSR count). The Hall–Kier alpha value is -2.19. The van der Waals surface area contributed by atoms with E-state index in [0.29, 0.717) is 21.1 Å². The van der Waals surface area contributed by atoms with E-state index < -0.39 is 0 Å². The van der Waals surface area contributed by atoms with Gasteiger partial charge in [-0.3, -0.25) is 14.2 Å². The van der Waals surface area contributed by atoms with Gasteiger partial charge in [0, 0.05) is 17.0 Å². The number of benzene rings is 1. The van der Waals surface area contributed by atoms with Crippen molar-refractivity contribution in [3.05, 3.63) is 50.9 Å². The van der Waals surface area contributed by atoms with Gasteiger partial charge in [0.2, 0.25) is 5.91 Å². The molecule has 0 spiro atoms. The van der Waals surface area contributed by atoms with Crippen molar-refractivity contribution in [2.24, 2.45) is 0 Å². The van der Waals surface area contributed by atoms with E-state index in [0.717, 1.165) is 29.7 Å². The minimum atomic E-state index is -0.370. The van der Waals surface area contributed by atoms with Crippen LogP contribution in [0.4, 0.5) is 4.39 Å². The van der Waals surface area contributed by atoms with Crippen LogP contribution >= 0.6 is 23.1 Å². The van der Waals surface area contributed by atoms with Crippen molar-refractivity contribution < 1.29 is 9.18 Å². The fourth-order valence-electron chi connectivity index (χ4n) is 4.30. The van der Waals surface area contributed by atoms with E-state index in [4.69, 9.17) is 4.98 Å². The van der Waals surface area contributed by atoms with Crippen LogP contribution in [0.5, 0.6) is 0 Å². The van der Waals surface area contributed by atoms with Crippen LogP contribution in [0.1, 0.15) is 43.6 Å². The minimum absolute atomic E-state index is 0.0586. The summed E-state index contributed by atoms with van der Waals surface area (Å²) >= 11 is 2.75. The number of carbonyl (C=O) groups excluding carboxylic acids is 1. The molecule has 1 saturated heterocycles. The van der Waals surface area contributed by atoms with Crippen molar-refractivity contribution >= 4 is 39.2 Å². The summed E-state index contributed by atoms with van der Waals surface area (Å²) in [5.74, 6) is -0.106. The van der Waals surface area contributed by atoms with Crippen molar-refractivity contribution in [1.82, 2.24) is 14.5 Å². The quantitative estimate of drug-likeness (QED) is 0.403. The van der Waals surface area contributed by atoms with Crippen LogP contribution in [0, 0.1) is 19.7 Å². The number of aryl methyl sites for hydroxylation is 2. The lowest BCUT2D eigenvalue weighted by molar-refractivity contribution is -0.134. The number of hydrogen-bond acceptors (Lipinski definition) is 5. The first-order valence-electron chi connectivity index (χ1n) is 10.5. The summed E-state index contributed by atoms with van der Waals surface area (Å²) in [6.45, 7) is 8.07. The Kier molecular flexibility index (Phi) is 6.21. The molecule has 164 valence electrons. The second-order valence-corrected chi connectivity index (χ2v) is 10.3. The molecule has 0 saturated carbocycles. The number of aromatic nitrogens is 2. The van der Waals surface area contributed by atoms with Crippen molar-refractivity contribution in [1.29, 1.82) is 0 Å². The van der Waals surface area contributed by atoms with E-state index in [9.17, 15) is 14.0 Å². The Morgan fingerprint density at radius 2 is 1.84 bits per heavy atom. The lowest BCUT2D eigenvalue weighted by Crippen LogP contribution is -2.48. The van der Waals surface area contributed by atoms with E-state index in [1.165, 1.54) is 39.8 Å². The highest BCUT2D eigenvalue weighted by Crippen LogP contribution is 2.30. The second-order valence-electron chi connectivity index (χ2n) is 8.19. The maximum atomic E-state index is 13.5. The van der Waals surface area contributed by atoms with Crippen LogP contribution in [0.15, 0.2) is 34.2 Å². The highest BCUT2D eigenvalue weighted by molar-refractivity contribution is 7.99. The summed E-state index contributed by atoms with van der Waals surface area (Å²) in [6, 6.07) is 6.23. The molecule has 1 aromatic carbocycles. The Balaban J connectivity index is 1.74. The van der Waals surface area contributed by atoms with E-state index >= 15 is 0 Å². The van der Waals surface area contributed by atoms with Gasteiger partial charge in [-0.15, -0.1) is 11.3 Å². The third-order valence-electron chi connectivity index (χ3n) is 6.06. The maximum absolute atomic E-state index is 13.5. The van der Waals surface area contributed by atoms with Crippen LogP contribution < -0.4 is 5.56 Å². The zero-order chi connectivity index (χ0) is 22.3. The van der Waals surface area contributed by atoms with Gasteiger partial charge in [-0.05, 0) is 76.8 Å². The molecule has 31 heavy (non-hydrogen) atoms. The molecule has 2 atom stereocenters. The lowest BCUT2D eigenvalue weighted by atomic mass is 9.98. The van der Waals surface area contributed by atoms with Crippen molar-refractivity contribution in [2.75, 3.05) is 5.75 Å². The first-order chi connectivity index (χ1) is 14.8. The van der Waals surface area contributed by atoms with Gasteiger partial charge in [-0.25, -0.2) is 9.37 Å². The highest BCUT2D eigenvalue weighted by atomic mass is 32.2. The standard InChI is InChI=1S/C23H26FN3O2S2/c1-13-6-5-7-14(2)26(13)19(28)12-30-23-25-21-20(15(3)16(4)31-21)22(29)27(23)18-10-8-17(24)9-11-18/h8-11,13-14H,5-7,12H2,1-4H3/t13-,14-/m0/s1. The topological polar surface area (TPSA) is 55.2 Å². The number of carbonyl (C=O) groups is 1. The first-order valence-corrected chi connectivity index (χ1v) is 12.3. The molecule has 3 heterocycles. The van der Waals surface area contributed by atoms with E-state index in [2.05, 4.69) is 13.8 Å². The predicted molar refractivity (Wildman–Crippen MR) is 125 cm³/mol. The highest BCUT2D eigenvalue weighted by Gasteiger charge is 2.29. The molecule has 1 aliphatic heterocycles. The van der Waals surface area contributed by atoms with E-state index in [-0.39, 0.29) is 35.1 Å². The molecule has 0 bridgehead atoms. The summed E-state index contributed by atoms with van der Waals surface area (Å²) in [5, 5.41) is 1.04. The molecule has 1 fully saturated rings. The summed E-state index contributed by atoms with van der Waals surface area (Å²) in [7, 11) is 0. The summed E-state index contributed by atoms with van der Waals surface area (Å²) < 4.78 is 15.0. The third-order valence-corrected chi connectivity index (χ3v) is 8.09. The lowest BCUT2D eigenvalue weighted by Gasteiger charge is -2.39. The van der Waals surface area contributed by atoms with E-state index in [1.54, 1.807) is 12.1 Å². The number of thioether (sulfide) groups is 1. The Morgan fingerprint density at radius 3 is 2.48 bits per heavy atom. The maximum Gasteiger partial charge on any atom is 0.267 e. The fraction of sp³-hybridized carbons (Fsp3) is 0.435. The predicted octanol–water partition coefficient (Wildman–Crippen LogP) is 5.08. The van der Waals surface area contributed by atoms with Crippen LogP contribution in [0.25, 0.3) is 15.9 Å². The van der Waals surface area contributed by atoms with Gasteiger partial charge in [-0.2, -0.15) is 0 Å². The molecule has 0 N–H and O–H groups in total. The smallest absolute Gasteiger partial charge is 0.267 e. The number of piperidine rings is 1. The van der Waals surface area contributed by atoms with Crippen molar-refractivity contribution in [3.63, 3.8) is 0 Å². The Bertz CT molecular complexity index is 1180. The van der Waals surface area contributed by atoms with Gasteiger partial charge < -0.3 is 4.90 Å².